The van der Waals surface area contributed by atoms with Crippen LogP contribution >= 0.6 is 0 Å². The van der Waals surface area contributed by atoms with Gasteiger partial charge in [0.25, 0.3) is 0 Å². The summed E-state index contributed by atoms with van der Waals surface area (Å²) in [5.41, 5.74) is 4.82. The summed E-state index contributed by atoms with van der Waals surface area (Å²) in [5, 5.41) is 18.1. The van der Waals surface area contributed by atoms with Gasteiger partial charge in [-0.3, -0.25) is 4.68 Å². The summed E-state index contributed by atoms with van der Waals surface area (Å²) in [7, 11) is 1.90. The van der Waals surface area contributed by atoms with E-state index in [9.17, 15) is 5.26 Å². The molecule has 0 atom stereocenters. The smallest absolute Gasteiger partial charge is 0.103 e. The van der Waals surface area contributed by atoms with Crippen LogP contribution in [0.2, 0.25) is 0 Å². The highest BCUT2D eigenvalue weighted by Crippen LogP contribution is 2.37. The third-order valence-electron chi connectivity index (χ3n) is 4.68. The molecule has 0 amide bonds. The quantitative estimate of drug-likeness (QED) is 0.726. The van der Waals surface area contributed by atoms with Gasteiger partial charge < -0.3 is 0 Å². The fourth-order valence-electron chi connectivity index (χ4n) is 3.51. The van der Waals surface area contributed by atoms with Gasteiger partial charge in [-0.15, -0.1) is 0 Å². The summed E-state index contributed by atoms with van der Waals surface area (Å²) in [6.45, 7) is 0. The number of pyridine rings is 1. The second kappa shape index (κ2) is 5.54. The Hall–Kier alpha value is -2.61. The number of aromatic nitrogens is 4. The maximum atomic E-state index is 9.43. The second-order valence-electron chi connectivity index (χ2n) is 6.19. The molecule has 0 aliphatic heterocycles. The first-order valence-electron chi connectivity index (χ1n) is 8.56. The molecule has 1 aliphatic carbocycles. The summed E-state index contributed by atoms with van der Waals surface area (Å²) < 4.78 is 11.5. The van der Waals surface area contributed by atoms with Gasteiger partial charge in [-0.05, 0) is 30.4 Å². The van der Waals surface area contributed by atoms with Crippen LogP contribution in [0.1, 0.15) is 50.5 Å². The summed E-state index contributed by atoms with van der Waals surface area (Å²) >= 11 is 0. The predicted molar refractivity (Wildman–Crippen MR) is 87.9 cm³/mol. The lowest BCUT2D eigenvalue weighted by Crippen LogP contribution is -2.07. The molecule has 3 aromatic heterocycles. The van der Waals surface area contributed by atoms with Crippen LogP contribution in [-0.4, -0.2) is 19.4 Å². The summed E-state index contributed by atoms with van der Waals surface area (Å²) in [6.07, 6.45) is 11.3. The van der Waals surface area contributed by atoms with Crippen molar-refractivity contribution < 1.29 is 1.37 Å². The summed E-state index contributed by atoms with van der Waals surface area (Å²) in [6, 6.07) is 4.45. The predicted octanol–water partition coefficient (Wildman–Crippen LogP) is 3.65. The lowest BCUT2D eigenvalue weighted by molar-refractivity contribution is 0.444. The van der Waals surface area contributed by atoms with Crippen molar-refractivity contribution >= 4 is 5.52 Å². The van der Waals surface area contributed by atoms with E-state index in [0.717, 1.165) is 42.3 Å². The summed E-state index contributed by atoms with van der Waals surface area (Å²) in [5.74, 6) is 0.384. The number of nitriles is 1. The first-order valence-corrected chi connectivity index (χ1v) is 7.98. The van der Waals surface area contributed by atoms with Crippen molar-refractivity contribution in [2.45, 2.75) is 38.0 Å². The minimum absolute atomic E-state index is 0.0547. The molecule has 1 fully saturated rings. The van der Waals surface area contributed by atoms with E-state index in [1.54, 1.807) is 10.9 Å². The Balaban J connectivity index is 1.88. The third kappa shape index (κ3) is 2.40. The standard InChI is InChI=1S/C18H19N5/c1-22-11-16(10-20-22)14-7-17(13-5-3-2-4-6-13)18-15(8-19)9-21-23(18)12-14/h7,9-13H,2-6H2,1H3/i2D. The molecule has 5 nitrogen and oxygen atoms in total. The molecule has 1 aliphatic rings. The van der Waals surface area contributed by atoms with Crippen molar-refractivity contribution in [3.63, 3.8) is 0 Å². The van der Waals surface area contributed by atoms with Crippen LogP contribution < -0.4 is 0 Å². The first-order chi connectivity index (χ1) is 11.7. The van der Waals surface area contributed by atoms with Crippen LogP contribution in [0, 0.1) is 11.3 Å². The van der Waals surface area contributed by atoms with Crippen LogP contribution in [0.4, 0.5) is 0 Å². The lowest BCUT2D eigenvalue weighted by Gasteiger charge is -2.23. The van der Waals surface area contributed by atoms with Crippen LogP contribution in [0.5, 0.6) is 0 Å². The van der Waals surface area contributed by atoms with E-state index in [1.807, 2.05) is 30.2 Å². The number of rotatable bonds is 2. The largest absolute Gasteiger partial charge is 0.275 e. The molecule has 3 aromatic rings. The van der Waals surface area contributed by atoms with E-state index in [4.69, 9.17) is 1.37 Å². The lowest BCUT2D eigenvalue weighted by atomic mass is 9.83. The van der Waals surface area contributed by atoms with Crippen molar-refractivity contribution in [2.24, 2.45) is 7.05 Å². The van der Waals surface area contributed by atoms with Crippen molar-refractivity contribution in [1.82, 2.24) is 19.4 Å². The van der Waals surface area contributed by atoms with Gasteiger partial charge in [-0.2, -0.15) is 15.5 Å². The number of nitrogens with zero attached hydrogens (tertiary/aromatic N) is 5. The van der Waals surface area contributed by atoms with Gasteiger partial charge in [0.15, 0.2) is 0 Å². The molecule has 0 N–H and O–H groups in total. The number of hydrogen-bond donors (Lipinski definition) is 0. The molecular formula is C18H19N5. The average Bonchev–Trinajstić information content (AvgIpc) is 3.20. The van der Waals surface area contributed by atoms with Crippen molar-refractivity contribution in [3.8, 4) is 17.2 Å². The van der Waals surface area contributed by atoms with Gasteiger partial charge in [-0.1, -0.05) is 19.2 Å². The molecule has 0 saturated heterocycles. The van der Waals surface area contributed by atoms with E-state index in [1.165, 1.54) is 5.56 Å². The Morgan fingerprint density at radius 2 is 2.04 bits per heavy atom. The molecule has 4 rings (SSSR count). The van der Waals surface area contributed by atoms with Gasteiger partial charge in [0.05, 0.1) is 23.5 Å². The van der Waals surface area contributed by atoms with Gasteiger partial charge in [0, 0.05) is 31.9 Å². The SMILES string of the molecule is [2H]C1CCC(c2cc(-c3cnn(C)c3)cn3ncc(C#N)c23)CC1. The molecule has 23 heavy (non-hydrogen) atoms. The van der Waals surface area contributed by atoms with Crippen LogP contribution in [0.3, 0.4) is 0 Å². The highest BCUT2D eigenvalue weighted by Gasteiger charge is 2.21. The maximum absolute atomic E-state index is 9.43. The van der Waals surface area contributed by atoms with Gasteiger partial charge in [-0.25, -0.2) is 4.52 Å². The average molecular weight is 306 g/mol. The van der Waals surface area contributed by atoms with Crippen molar-refractivity contribution in [3.05, 3.63) is 42.0 Å². The van der Waals surface area contributed by atoms with E-state index < -0.39 is 0 Å². The maximum Gasteiger partial charge on any atom is 0.103 e. The zero-order valence-corrected chi connectivity index (χ0v) is 13.1. The van der Waals surface area contributed by atoms with Crippen molar-refractivity contribution in [1.29, 1.82) is 5.26 Å². The molecule has 0 aromatic carbocycles. The van der Waals surface area contributed by atoms with E-state index in [2.05, 4.69) is 22.3 Å². The Labute approximate surface area is 136 Å². The molecule has 1 saturated carbocycles. The van der Waals surface area contributed by atoms with Crippen LogP contribution in [-0.2, 0) is 7.05 Å². The van der Waals surface area contributed by atoms with E-state index in [0.29, 0.717) is 11.5 Å². The molecule has 5 heteroatoms. The fraction of sp³-hybridized carbons (Fsp3) is 0.389. The zero-order valence-electron chi connectivity index (χ0n) is 14.1. The molecule has 0 spiro atoms. The molecular weight excluding hydrogens is 286 g/mol. The number of hydrogen-bond acceptors (Lipinski definition) is 3. The Kier molecular flexibility index (Phi) is 3.11. The van der Waals surface area contributed by atoms with E-state index in [-0.39, 0.29) is 6.40 Å². The van der Waals surface area contributed by atoms with Crippen molar-refractivity contribution in [2.75, 3.05) is 0 Å². The van der Waals surface area contributed by atoms with Crippen LogP contribution in [0.15, 0.2) is 30.9 Å². The highest BCUT2D eigenvalue weighted by molar-refractivity contribution is 5.72. The van der Waals surface area contributed by atoms with Gasteiger partial charge in [0.2, 0.25) is 0 Å². The minimum Gasteiger partial charge on any atom is -0.275 e. The number of aryl methyl sites for hydroxylation is 1. The second-order valence-corrected chi connectivity index (χ2v) is 6.19. The third-order valence-corrected chi connectivity index (χ3v) is 4.68. The van der Waals surface area contributed by atoms with Gasteiger partial charge >= 0.3 is 0 Å². The zero-order chi connectivity index (χ0) is 16.7. The summed E-state index contributed by atoms with van der Waals surface area (Å²) in [4.78, 5) is 0. The molecule has 3 heterocycles. The first kappa shape index (κ1) is 12.9. The Morgan fingerprint density at radius 3 is 2.74 bits per heavy atom. The van der Waals surface area contributed by atoms with E-state index >= 15 is 0 Å². The topological polar surface area (TPSA) is 58.9 Å². The molecule has 0 bridgehead atoms. The highest BCUT2D eigenvalue weighted by atomic mass is 15.2. The molecule has 0 radical (unpaired) electrons. The Bertz CT molecular complexity index is 925. The van der Waals surface area contributed by atoms with Crippen LogP contribution in [0.25, 0.3) is 16.6 Å². The normalized spacial score (nSPS) is 22.0. The number of fused-ring (bicyclic) bond motifs is 1. The molecule has 116 valence electrons. The minimum atomic E-state index is 0.0547. The monoisotopic (exact) mass is 306 g/mol. The van der Waals surface area contributed by atoms with Gasteiger partial charge in [0.1, 0.15) is 6.07 Å². The molecule has 0 unspecified atom stereocenters. The fourth-order valence-corrected chi connectivity index (χ4v) is 3.51. The Morgan fingerprint density at radius 1 is 1.22 bits per heavy atom.